The molecule has 0 aromatic carbocycles. The van der Waals surface area contributed by atoms with E-state index in [2.05, 4.69) is 20.8 Å². The molecule has 2 unspecified atom stereocenters. The lowest BCUT2D eigenvalue weighted by atomic mass is 9.83. The van der Waals surface area contributed by atoms with Gasteiger partial charge in [0.05, 0.1) is 12.2 Å². The standard InChI is InChI=1S/C12H20O2/c1-9-6-11(2,3)8-12(9)7-10(13)4-5-14-12/h9H,4-8H2,1-3H3. The van der Waals surface area contributed by atoms with Crippen molar-refractivity contribution in [1.82, 2.24) is 0 Å². The number of hydrogen-bond acceptors (Lipinski definition) is 2. The number of ketones is 1. The average Bonchev–Trinajstić information content (AvgIpc) is 2.20. The van der Waals surface area contributed by atoms with Crippen molar-refractivity contribution in [3.63, 3.8) is 0 Å². The smallest absolute Gasteiger partial charge is 0.138 e. The lowest BCUT2D eigenvalue weighted by Gasteiger charge is -2.37. The highest BCUT2D eigenvalue weighted by molar-refractivity contribution is 5.80. The highest BCUT2D eigenvalue weighted by Crippen LogP contribution is 2.52. The molecule has 0 aromatic heterocycles. The topological polar surface area (TPSA) is 26.3 Å². The molecule has 2 fully saturated rings. The fourth-order valence-corrected chi connectivity index (χ4v) is 3.34. The van der Waals surface area contributed by atoms with Gasteiger partial charge in [-0.15, -0.1) is 0 Å². The van der Waals surface area contributed by atoms with Crippen molar-refractivity contribution in [2.45, 2.75) is 52.1 Å². The minimum atomic E-state index is -0.112. The summed E-state index contributed by atoms with van der Waals surface area (Å²) in [6, 6.07) is 0. The summed E-state index contributed by atoms with van der Waals surface area (Å²) >= 11 is 0. The minimum absolute atomic E-state index is 0.112. The molecule has 2 nitrogen and oxygen atoms in total. The third-order valence-corrected chi connectivity index (χ3v) is 3.80. The molecule has 80 valence electrons. The number of rotatable bonds is 0. The van der Waals surface area contributed by atoms with Crippen LogP contribution < -0.4 is 0 Å². The van der Waals surface area contributed by atoms with Crippen molar-refractivity contribution < 1.29 is 9.53 Å². The molecule has 0 amide bonds. The SMILES string of the molecule is CC1CC(C)(C)CC12CC(=O)CCO2. The van der Waals surface area contributed by atoms with Gasteiger partial charge in [0.1, 0.15) is 5.78 Å². The molecule has 1 aliphatic heterocycles. The van der Waals surface area contributed by atoms with Gasteiger partial charge in [-0.25, -0.2) is 0 Å². The van der Waals surface area contributed by atoms with E-state index < -0.39 is 0 Å². The Labute approximate surface area is 86.0 Å². The number of Topliss-reactive ketones (excluding diaryl/α,β-unsaturated/α-hetero) is 1. The summed E-state index contributed by atoms with van der Waals surface area (Å²) in [7, 11) is 0. The first kappa shape index (κ1) is 10.2. The van der Waals surface area contributed by atoms with Crippen molar-refractivity contribution in [2.75, 3.05) is 6.61 Å². The van der Waals surface area contributed by atoms with Gasteiger partial charge < -0.3 is 4.74 Å². The lowest BCUT2D eigenvalue weighted by Crippen LogP contribution is -2.42. The summed E-state index contributed by atoms with van der Waals surface area (Å²) in [5.41, 5.74) is 0.232. The van der Waals surface area contributed by atoms with Gasteiger partial charge in [-0.1, -0.05) is 20.8 Å². The molecule has 0 radical (unpaired) electrons. The highest BCUT2D eigenvalue weighted by Gasteiger charge is 2.51. The molecule has 1 heterocycles. The maximum absolute atomic E-state index is 11.5. The van der Waals surface area contributed by atoms with E-state index in [1.807, 2.05) is 0 Å². The van der Waals surface area contributed by atoms with Gasteiger partial charge in [0.2, 0.25) is 0 Å². The van der Waals surface area contributed by atoms with Crippen molar-refractivity contribution >= 4 is 5.78 Å². The van der Waals surface area contributed by atoms with E-state index in [0.717, 1.165) is 6.42 Å². The van der Waals surface area contributed by atoms with E-state index in [1.54, 1.807) is 0 Å². The molecule has 1 spiro atoms. The van der Waals surface area contributed by atoms with Crippen LogP contribution in [0.1, 0.15) is 46.5 Å². The van der Waals surface area contributed by atoms with E-state index in [-0.39, 0.29) is 5.60 Å². The van der Waals surface area contributed by atoms with Gasteiger partial charge >= 0.3 is 0 Å². The Morgan fingerprint density at radius 1 is 1.43 bits per heavy atom. The van der Waals surface area contributed by atoms with Gasteiger partial charge in [-0.2, -0.15) is 0 Å². The van der Waals surface area contributed by atoms with Gasteiger partial charge in [-0.05, 0) is 24.2 Å². The zero-order valence-corrected chi connectivity index (χ0v) is 9.43. The Balaban J connectivity index is 2.19. The molecule has 2 atom stereocenters. The summed E-state index contributed by atoms with van der Waals surface area (Å²) in [5.74, 6) is 0.919. The van der Waals surface area contributed by atoms with E-state index >= 15 is 0 Å². The van der Waals surface area contributed by atoms with E-state index in [4.69, 9.17) is 4.74 Å². The van der Waals surface area contributed by atoms with Crippen molar-refractivity contribution in [3.05, 3.63) is 0 Å². The summed E-state index contributed by atoms with van der Waals surface area (Å²) < 4.78 is 5.92. The van der Waals surface area contributed by atoms with Crippen LogP contribution in [0.2, 0.25) is 0 Å². The second-order valence-electron chi connectivity index (χ2n) is 5.82. The fourth-order valence-electron chi connectivity index (χ4n) is 3.34. The highest BCUT2D eigenvalue weighted by atomic mass is 16.5. The first-order chi connectivity index (χ1) is 6.44. The van der Waals surface area contributed by atoms with Crippen molar-refractivity contribution in [2.24, 2.45) is 11.3 Å². The molecule has 2 rings (SSSR count). The maximum Gasteiger partial charge on any atom is 0.138 e. The maximum atomic E-state index is 11.5. The predicted octanol–water partition coefficient (Wildman–Crippen LogP) is 2.56. The Morgan fingerprint density at radius 3 is 2.64 bits per heavy atom. The van der Waals surface area contributed by atoms with Crippen LogP contribution >= 0.6 is 0 Å². The molecule has 0 bridgehead atoms. The Bertz CT molecular complexity index is 257. The second-order valence-corrected chi connectivity index (χ2v) is 5.82. The molecule has 1 saturated heterocycles. The zero-order chi connectivity index (χ0) is 10.4. The lowest BCUT2D eigenvalue weighted by molar-refractivity contribution is -0.145. The van der Waals surface area contributed by atoms with Gasteiger partial charge in [0, 0.05) is 12.8 Å². The molecule has 14 heavy (non-hydrogen) atoms. The minimum Gasteiger partial charge on any atom is -0.374 e. The molecule has 1 aliphatic carbocycles. The van der Waals surface area contributed by atoms with Crippen LogP contribution in [0.3, 0.4) is 0 Å². The van der Waals surface area contributed by atoms with E-state index in [1.165, 1.54) is 6.42 Å². The van der Waals surface area contributed by atoms with Gasteiger partial charge in [0.25, 0.3) is 0 Å². The largest absolute Gasteiger partial charge is 0.374 e. The Kier molecular flexibility index (Phi) is 2.22. The number of carbonyl (C=O) groups excluding carboxylic acids is 1. The predicted molar refractivity (Wildman–Crippen MR) is 55.1 cm³/mol. The van der Waals surface area contributed by atoms with E-state index in [9.17, 15) is 4.79 Å². The van der Waals surface area contributed by atoms with Crippen molar-refractivity contribution in [3.8, 4) is 0 Å². The first-order valence-corrected chi connectivity index (χ1v) is 5.59. The van der Waals surface area contributed by atoms with Crippen LogP contribution in [0.4, 0.5) is 0 Å². The number of hydrogen-bond donors (Lipinski definition) is 0. The van der Waals surface area contributed by atoms with Crippen LogP contribution in [0.15, 0.2) is 0 Å². The first-order valence-electron chi connectivity index (χ1n) is 5.59. The van der Waals surface area contributed by atoms with Crippen LogP contribution in [-0.2, 0) is 9.53 Å². The summed E-state index contributed by atoms with van der Waals surface area (Å²) in [5, 5.41) is 0. The van der Waals surface area contributed by atoms with Crippen LogP contribution in [0.25, 0.3) is 0 Å². The summed E-state index contributed by atoms with van der Waals surface area (Å²) in [4.78, 5) is 11.5. The summed E-state index contributed by atoms with van der Waals surface area (Å²) in [6.07, 6.45) is 3.50. The molecular formula is C12H20O2. The van der Waals surface area contributed by atoms with E-state index in [0.29, 0.717) is 36.6 Å². The molecular weight excluding hydrogens is 176 g/mol. The van der Waals surface area contributed by atoms with Crippen LogP contribution in [0.5, 0.6) is 0 Å². The molecule has 1 saturated carbocycles. The monoisotopic (exact) mass is 196 g/mol. The third-order valence-electron chi connectivity index (χ3n) is 3.80. The van der Waals surface area contributed by atoms with Gasteiger partial charge in [0.15, 0.2) is 0 Å². The third kappa shape index (κ3) is 1.60. The second kappa shape index (κ2) is 3.06. The molecule has 2 aliphatic rings. The average molecular weight is 196 g/mol. The Morgan fingerprint density at radius 2 is 2.14 bits per heavy atom. The zero-order valence-electron chi connectivity index (χ0n) is 9.43. The number of carbonyl (C=O) groups is 1. The van der Waals surface area contributed by atoms with Crippen LogP contribution in [0, 0.1) is 11.3 Å². The molecule has 0 aromatic rings. The quantitative estimate of drug-likeness (QED) is 0.595. The molecule has 2 heteroatoms. The fraction of sp³-hybridized carbons (Fsp3) is 0.917. The van der Waals surface area contributed by atoms with Crippen molar-refractivity contribution in [1.29, 1.82) is 0 Å². The molecule has 0 N–H and O–H groups in total. The summed E-state index contributed by atoms with van der Waals surface area (Å²) in [6.45, 7) is 7.42. The van der Waals surface area contributed by atoms with Gasteiger partial charge in [-0.3, -0.25) is 4.79 Å². The Hall–Kier alpha value is -0.370. The van der Waals surface area contributed by atoms with Crippen LogP contribution in [-0.4, -0.2) is 18.0 Å². The number of ether oxygens (including phenoxy) is 1. The normalized spacial score (nSPS) is 41.9.